The first-order valence-corrected chi connectivity index (χ1v) is 6.14. The second-order valence-corrected chi connectivity index (χ2v) is 4.70. The van der Waals surface area contributed by atoms with E-state index in [4.69, 9.17) is 0 Å². The molecule has 18 heavy (non-hydrogen) atoms. The number of hydrogen-bond acceptors (Lipinski definition) is 2. The van der Waals surface area contributed by atoms with Gasteiger partial charge < -0.3 is 5.32 Å². The fourth-order valence-electron chi connectivity index (χ4n) is 1.83. The van der Waals surface area contributed by atoms with Crippen LogP contribution in [-0.4, -0.2) is 12.0 Å². The average molecular weight is 313 g/mol. The quantitative estimate of drug-likeness (QED) is 0.939. The van der Waals surface area contributed by atoms with E-state index in [0.717, 1.165) is 6.20 Å². The minimum absolute atomic E-state index is 0.369. The Labute approximate surface area is 112 Å². The summed E-state index contributed by atoms with van der Waals surface area (Å²) in [6.45, 7) is 0. The smallest absolute Gasteiger partial charge is 0.146 e. The van der Waals surface area contributed by atoms with Crippen molar-refractivity contribution in [2.24, 2.45) is 0 Å². The fraction of sp³-hybridized carbons (Fsp3) is 0.154. The van der Waals surface area contributed by atoms with Gasteiger partial charge in [-0.25, -0.2) is 8.78 Å². The van der Waals surface area contributed by atoms with E-state index in [1.165, 1.54) is 18.3 Å². The van der Waals surface area contributed by atoms with Crippen LogP contribution < -0.4 is 5.32 Å². The van der Waals surface area contributed by atoms with Crippen molar-refractivity contribution in [1.82, 2.24) is 10.3 Å². The minimum Gasteiger partial charge on any atom is -0.309 e. The summed E-state index contributed by atoms with van der Waals surface area (Å²) < 4.78 is 28.2. The van der Waals surface area contributed by atoms with Crippen molar-refractivity contribution in [2.75, 3.05) is 7.05 Å². The maximum Gasteiger partial charge on any atom is 0.146 e. The highest BCUT2D eigenvalue weighted by molar-refractivity contribution is 9.10. The van der Waals surface area contributed by atoms with Crippen LogP contribution in [0, 0.1) is 11.6 Å². The molecule has 1 unspecified atom stereocenters. The number of benzene rings is 1. The van der Waals surface area contributed by atoms with Gasteiger partial charge in [-0.05, 0) is 25.2 Å². The van der Waals surface area contributed by atoms with Gasteiger partial charge in [0.25, 0.3) is 0 Å². The molecule has 0 saturated heterocycles. The van der Waals surface area contributed by atoms with Crippen molar-refractivity contribution in [1.29, 1.82) is 0 Å². The zero-order valence-electron chi connectivity index (χ0n) is 9.62. The molecule has 0 saturated carbocycles. The average Bonchev–Trinajstić information content (AvgIpc) is 2.34. The Morgan fingerprint density at radius 1 is 1.17 bits per heavy atom. The lowest BCUT2D eigenvalue weighted by atomic mass is 9.99. The van der Waals surface area contributed by atoms with Gasteiger partial charge in [-0.1, -0.05) is 22.0 Å². The summed E-state index contributed by atoms with van der Waals surface area (Å²) in [4.78, 5) is 3.69. The molecule has 5 heteroatoms. The van der Waals surface area contributed by atoms with Crippen molar-refractivity contribution < 1.29 is 8.78 Å². The van der Waals surface area contributed by atoms with Crippen molar-refractivity contribution >= 4 is 15.9 Å². The Kier molecular flexibility index (Phi) is 4.04. The molecule has 0 radical (unpaired) electrons. The van der Waals surface area contributed by atoms with E-state index >= 15 is 0 Å². The van der Waals surface area contributed by atoms with Crippen LogP contribution in [0.15, 0.2) is 41.1 Å². The number of halogens is 3. The molecule has 1 aromatic carbocycles. The SMILES string of the molecule is CNC(c1ccncc1F)c1ccc(Br)cc1F. The fourth-order valence-corrected chi connectivity index (χ4v) is 2.17. The van der Waals surface area contributed by atoms with Gasteiger partial charge >= 0.3 is 0 Å². The predicted molar refractivity (Wildman–Crippen MR) is 69.2 cm³/mol. The Bertz CT molecular complexity index is 560. The number of nitrogens with one attached hydrogen (secondary N) is 1. The lowest BCUT2D eigenvalue weighted by molar-refractivity contribution is 0.543. The van der Waals surface area contributed by atoms with Crippen LogP contribution in [0.2, 0.25) is 0 Å². The molecule has 1 aromatic heterocycles. The Morgan fingerprint density at radius 3 is 2.50 bits per heavy atom. The van der Waals surface area contributed by atoms with E-state index in [9.17, 15) is 8.78 Å². The molecule has 94 valence electrons. The van der Waals surface area contributed by atoms with Crippen LogP contribution in [0.1, 0.15) is 17.2 Å². The molecule has 0 aliphatic carbocycles. The van der Waals surface area contributed by atoms with Crippen molar-refractivity contribution in [2.45, 2.75) is 6.04 Å². The molecule has 2 nitrogen and oxygen atoms in total. The van der Waals surface area contributed by atoms with Crippen LogP contribution in [0.4, 0.5) is 8.78 Å². The summed E-state index contributed by atoms with van der Waals surface area (Å²) in [7, 11) is 1.66. The predicted octanol–water partition coefficient (Wildman–Crippen LogP) is 3.43. The van der Waals surface area contributed by atoms with Gasteiger partial charge in [0.2, 0.25) is 0 Å². The first-order chi connectivity index (χ1) is 8.63. The third kappa shape index (κ3) is 2.57. The molecule has 0 bridgehead atoms. The Hall–Kier alpha value is -1.33. The molecule has 2 rings (SSSR count). The normalized spacial score (nSPS) is 12.4. The third-order valence-corrected chi connectivity index (χ3v) is 3.17. The van der Waals surface area contributed by atoms with Gasteiger partial charge in [0.1, 0.15) is 11.6 Å². The van der Waals surface area contributed by atoms with E-state index in [0.29, 0.717) is 15.6 Å². The number of rotatable bonds is 3. The van der Waals surface area contributed by atoms with Gasteiger partial charge in [-0.15, -0.1) is 0 Å². The Morgan fingerprint density at radius 2 is 1.89 bits per heavy atom. The van der Waals surface area contributed by atoms with Gasteiger partial charge in [-0.2, -0.15) is 0 Å². The van der Waals surface area contributed by atoms with Crippen molar-refractivity contribution in [3.63, 3.8) is 0 Å². The molecule has 1 N–H and O–H groups in total. The molecular formula is C13H11BrF2N2. The molecule has 0 spiro atoms. The molecule has 0 fully saturated rings. The van der Waals surface area contributed by atoms with Gasteiger partial charge in [0.05, 0.1) is 12.2 Å². The molecule has 0 amide bonds. The zero-order valence-corrected chi connectivity index (χ0v) is 11.2. The molecule has 0 aliphatic rings. The minimum atomic E-state index is -0.541. The highest BCUT2D eigenvalue weighted by atomic mass is 79.9. The number of nitrogens with zero attached hydrogens (tertiary/aromatic N) is 1. The van der Waals surface area contributed by atoms with Gasteiger partial charge in [-0.3, -0.25) is 4.98 Å². The summed E-state index contributed by atoms with van der Waals surface area (Å²) in [5, 5.41) is 2.91. The van der Waals surface area contributed by atoms with Crippen LogP contribution >= 0.6 is 15.9 Å². The first-order valence-electron chi connectivity index (χ1n) is 5.35. The first kappa shape index (κ1) is 13.1. The number of aromatic nitrogens is 1. The highest BCUT2D eigenvalue weighted by Gasteiger charge is 2.19. The maximum atomic E-state index is 13.9. The topological polar surface area (TPSA) is 24.9 Å². The third-order valence-electron chi connectivity index (χ3n) is 2.68. The molecular weight excluding hydrogens is 302 g/mol. The zero-order chi connectivity index (χ0) is 13.1. The molecule has 2 aromatic rings. The second-order valence-electron chi connectivity index (χ2n) is 3.78. The maximum absolute atomic E-state index is 13.9. The van der Waals surface area contributed by atoms with Gasteiger partial charge in [0, 0.05) is 21.8 Å². The largest absolute Gasteiger partial charge is 0.309 e. The summed E-state index contributed by atoms with van der Waals surface area (Å²) >= 11 is 3.19. The van der Waals surface area contributed by atoms with E-state index in [1.54, 1.807) is 19.2 Å². The van der Waals surface area contributed by atoms with Crippen LogP contribution in [0.25, 0.3) is 0 Å². The van der Waals surface area contributed by atoms with E-state index < -0.39 is 11.9 Å². The second kappa shape index (κ2) is 5.54. The highest BCUT2D eigenvalue weighted by Crippen LogP contribution is 2.27. The molecule has 1 heterocycles. The van der Waals surface area contributed by atoms with Crippen molar-refractivity contribution in [3.05, 3.63) is 63.9 Å². The van der Waals surface area contributed by atoms with E-state index in [1.807, 2.05) is 0 Å². The lowest BCUT2D eigenvalue weighted by Crippen LogP contribution is -2.20. The van der Waals surface area contributed by atoms with Crippen LogP contribution in [0.5, 0.6) is 0 Å². The summed E-state index contributed by atoms with van der Waals surface area (Å²) in [6.07, 6.45) is 2.61. The van der Waals surface area contributed by atoms with E-state index in [2.05, 4.69) is 26.2 Å². The van der Waals surface area contributed by atoms with Crippen molar-refractivity contribution in [3.8, 4) is 0 Å². The van der Waals surface area contributed by atoms with Gasteiger partial charge in [0.15, 0.2) is 0 Å². The summed E-state index contributed by atoms with van der Waals surface area (Å²) in [6, 6.07) is 5.71. The molecule has 1 atom stereocenters. The number of pyridine rings is 1. The Balaban J connectivity index is 2.49. The lowest BCUT2D eigenvalue weighted by Gasteiger charge is -2.18. The van der Waals surface area contributed by atoms with Crippen LogP contribution in [0.3, 0.4) is 0 Å². The number of hydrogen-bond donors (Lipinski definition) is 1. The summed E-state index contributed by atoms with van der Waals surface area (Å²) in [5.74, 6) is -0.848. The standard InChI is InChI=1S/C13H11BrF2N2/c1-17-13(10-4-5-18-7-12(10)16)9-3-2-8(14)6-11(9)15/h2-7,13,17H,1H3. The monoisotopic (exact) mass is 312 g/mol. The molecule has 0 aliphatic heterocycles. The van der Waals surface area contributed by atoms with Crippen LogP contribution in [-0.2, 0) is 0 Å². The van der Waals surface area contributed by atoms with E-state index in [-0.39, 0.29) is 5.82 Å². The summed E-state index contributed by atoms with van der Waals surface area (Å²) in [5.41, 5.74) is 0.763.